The van der Waals surface area contributed by atoms with E-state index >= 15 is 0 Å². The number of nitrogens with two attached hydrogens (primary N) is 1. The van der Waals surface area contributed by atoms with Gasteiger partial charge in [-0.25, -0.2) is 13.6 Å². The number of hydrogen-bond donors (Lipinski definition) is 2. The molecule has 6 heteroatoms. The van der Waals surface area contributed by atoms with E-state index in [1.807, 2.05) is 25.1 Å². The highest BCUT2D eigenvalue weighted by Crippen LogP contribution is 2.23. The summed E-state index contributed by atoms with van der Waals surface area (Å²) in [4.78, 5) is 4.11. The number of primary sulfonamides is 1. The number of rotatable bonds is 4. The zero-order valence-electron chi connectivity index (χ0n) is 11.4. The SMILES string of the molecule is Cc1ccc(NC(C)c2ccncc2)cc1S(N)(=O)=O. The Morgan fingerprint density at radius 3 is 2.45 bits per heavy atom. The van der Waals surface area contributed by atoms with E-state index in [-0.39, 0.29) is 10.9 Å². The van der Waals surface area contributed by atoms with Crippen LogP contribution in [0.4, 0.5) is 5.69 Å². The number of anilines is 1. The zero-order chi connectivity index (χ0) is 14.8. The highest BCUT2D eigenvalue weighted by molar-refractivity contribution is 7.89. The van der Waals surface area contributed by atoms with Crippen LogP contribution >= 0.6 is 0 Å². The fourth-order valence-corrected chi connectivity index (χ4v) is 2.79. The molecule has 2 aromatic rings. The van der Waals surface area contributed by atoms with Gasteiger partial charge in [0.05, 0.1) is 4.90 Å². The molecule has 0 fully saturated rings. The molecular formula is C14H17N3O2S. The number of benzene rings is 1. The Kier molecular flexibility index (Phi) is 4.06. The molecule has 0 amide bonds. The van der Waals surface area contributed by atoms with Crippen LogP contribution in [-0.2, 0) is 10.0 Å². The first-order valence-electron chi connectivity index (χ1n) is 6.18. The van der Waals surface area contributed by atoms with Crippen LogP contribution in [0.25, 0.3) is 0 Å². The smallest absolute Gasteiger partial charge is 0.238 e. The van der Waals surface area contributed by atoms with E-state index < -0.39 is 10.0 Å². The maximum atomic E-state index is 11.5. The minimum Gasteiger partial charge on any atom is -0.378 e. The fraction of sp³-hybridized carbons (Fsp3) is 0.214. The van der Waals surface area contributed by atoms with E-state index in [9.17, 15) is 8.42 Å². The molecule has 1 aromatic heterocycles. The maximum Gasteiger partial charge on any atom is 0.238 e. The summed E-state index contributed by atoms with van der Waals surface area (Å²) in [7, 11) is -3.71. The Labute approximate surface area is 118 Å². The summed E-state index contributed by atoms with van der Waals surface area (Å²) in [6.45, 7) is 3.71. The normalized spacial score (nSPS) is 12.9. The van der Waals surface area contributed by atoms with Crippen LogP contribution in [0.3, 0.4) is 0 Å². The van der Waals surface area contributed by atoms with Crippen molar-refractivity contribution in [2.45, 2.75) is 24.8 Å². The third-order valence-corrected chi connectivity index (χ3v) is 4.14. The Morgan fingerprint density at radius 1 is 1.20 bits per heavy atom. The lowest BCUT2D eigenvalue weighted by molar-refractivity contribution is 0.597. The number of pyridine rings is 1. The van der Waals surface area contributed by atoms with Gasteiger partial charge in [0, 0.05) is 24.1 Å². The van der Waals surface area contributed by atoms with Crippen molar-refractivity contribution >= 4 is 15.7 Å². The number of nitrogens with one attached hydrogen (secondary N) is 1. The summed E-state index contributed by atoms with van der Waals surface area (Å²) in [6.07, 6.45) is 3.44. The lowest BCUT2D eigenvalue weighted by Gasteiger charge is -2.16. The van der Waals surface area contributed by atoms with Crippen LogP contribution in [0.1, 0.15) is 24.1 Å². The third kappa shape index (κ3) is 3.34. The van der Waals surface area contributed by atoms with Gasteiger partial charge in [0.2, 0.25) is 10.0 Å². The largest absolute Gasteiger partial charge is 0.378 e. The minimum absolute atomic E-state index is 0.0361. The number of hydrogen-bond acceptors (Lipinski definition) is 4. The number of sulfonamides is 1. The van der Waals surface area contributed by atoms with Gasteiger partial charge in [0.1, 0.15) is 0 Å². The molecule has 106 valence electrons. The average molecular weight is 291 g/mol. The molecule has 0 saturated carbocycles. The van der Waals surface area contributed by atoms with Crippen LogP contribution in [0.5, 0.6) is 0 Å². The van der Waals surface area contributed by atoms with Gasteiger partial charge in [-0.2, -0.15) is 0 Å². The molecule has 0 aliphatic carbocycles. The standard InChI is InChI=1S/C14H17N3O2S/c1-10-3-4-13(9-14(10)20(15,18)19)17-11(2)12-5-7-16-8-6-12/h3-9,11,17H,1-2H3,(H2,15,18,19). The van der Waals surface area contributed by atoms with E-state index in [0.29, 0.717) is 11.3 Å². The van der Waals surface area contributed by atoms with Gasteiger partial charge in [-0.05, 0) is 49.2 Å². The van der Waals surface area contributed by atoms with Crippen LogP contribution in [0.2, 0.25) is 0 Å². The van der Waals surface area contributed by atoms with Crippen molar-refractivity contribution < 1.29 is 8.42 Å². The zero-order valence-corrected chi connectivity index (χ0v) is 12.2. The summed E-state index contributed by atoms with van der Waals surface area (Å²) in [5, 5.41) is 8.45. The highest BCUT2D eigenvalue weighted by atomic mass is 32.2. The Balaban J connectivity index is 2.27. The molecule has 1 atom stereocenters. The van der Waals surface area contributed by atoms with Crippen molar-refractivity contribution in [1.29, 1.82) is 0 Å². The summed E-state index contributed by atoms with van der Waals surface area (Å²) in [5.74, 6) is 0. The van der Waals surface area contributed by atoms with Crippen LogP contribution in [0, 0.1) is 6.92 Å². The first-order valence-corrected chi connectivity index (χ1v) is 7.72. The van der Waals surface area contributed by atoms with E-state index in [2.05, 4.69) is 10.3 Å². The van der Waals surface area contributed by atoms with Gasteiger partial charge in [0.15, 0.2) is 0 Å². The van der Waals surface area contributed by atoms with Crippen LogP contribution in [0.15, 0.2) is 47.6 Å². The molecule has 1 aromatic carbocycles. The van der Waals surface area contributed by atoms with Crippen molar-refractivity contribution in [3.63, 3.8) is 0 Å². The molecule has 0 bridgehead atoms. The molecule has 20 heavy (non-hydrogen) atoms. The van der Waals surface area contributed by atoms with Crippen molar-refractivity contribution in [1.82, 2.24) is 4.98 Å². The number of nitrogens with zero attached hydrogens (tertiary/aromatic N) is 1. The summed E-state index contributed by atoms with van der Waals surface area (Å²) in [6, 6.07) is 8.98. The molecular weight excluding hydrogens is 274 g/mol. The monoisotopic (exact) mass is 291 g/mol. The lowest BCUT2D eigenvalue weighted by atomic mass is 10.1. The summed E-state index contributed by atoms with van der Waals surface area (Å²) >= 11 is 0. The van der Waals surface area contributed by atoms with Crippen molar-refractivity contribution in [3.05, 3.63) is 53.9 Å². The average Bonchev–Trinajstić information content (AvgIpc) is 2.40. The maximum absolute atomic E-state index is 11.5. The van der Waals surface area contributed by atoms with E-state index in [4.69, 9.17) is 5.14 Å². The van der Waals surface area contributed by atoms with Gasteiger partial charge >= 0.3 is 0 Å². The molecule has 5 nitrogen and oxygen atoms in total. The molecule has 0 saturated heterocycles. The minimum atomic E-state index is -3.71. The highest BCUT2D eigenvalue weighted by Gasteiger charge is 2.13. The molecule has 1 unspecified atom stereocenters. The second kappa shape index (κ2) is 5.60. The molecule has 0 aliphatic heterocycles. The molecule has 0 aliphatic rings. The predicted octanol–water partition coefficient (Wildman–Crippen LogP) is 2.21. The number of aromatic nitrogens is 1. The second-order valence-corrected chi connectivity index (χ2v) is 6.20. The van der Waals surface area contributed by atoms with Crippen molar-refractivity contribution in [2.24, 2.45) is 5.14 Å². The molecule has 3 N–H and O–H groups in total. The van der Waals surface area contributed by atoms with Gasteiger partial charge < -0.3 is 5.32 Å². The molecule has 2 rings (SSSR count). The number of aryl methyl sites for hydroxylation is 1. The predicted molar refractivity (Wildman–Crippen MR) is 78.8 cm³/mol. The van der Waals surface area contributed by atoms with E-state index in [1.165, 1.54) is 0 Å². The van der Waals surface area contributed by atoms with E-state index in [0.717, 1.165) is 5.56 Å². The first-order chi connectivity index (χ1) is 9.38. The van der Waals surface area contributed by atoms with Crippen LogP contribution in [-0.4, -0.2) is 13.4 Å². The molecule has 0 radical (unpaired) electrons. The summed E-state index contributed by atoms with van der Waals surface area (Å²) in [5.41, 5.74) is 2.41. The van der Waals surface area contributed by atoms with Crippen molar-refractivity contribution in [3.8, 4) is 0 Å². The lowest BCUT2D eigenvalue weighted by Crippen LogP contribution is -2.14. The Morgan fingerprint density at radius 2 is 1.85 bits per heavy atom. The van der Waals surface area contributed by atoms with Gasteiger partial charge in [0.25, 0.3) is 0 Å². The third-order valence-electron chi connectivity index (χ3n) is 3.08. The van der Waals surface area contributed by atoms with Crippen molar-refractivity contribution in [2.75, 3.05) is 5.32 Å². The summed E-state index contributed by atoms with van der Waals surface area (Å²) < 4.78 is 23.0. The van der Waals surface area contributed by atoms with Gasteiger partial charge in [-0.15, -0.1) is 0 Å². The van der Waals surface area contributed by atoms with Crippen LogP contribution < -0.4 is 10.5 Å². The van der Waals surface area contributed by atoms with Gasteiger partial charge in [-0.1, -0.05) is 6.07 Å². The molecule has 0 spiro atoms. The van der Waals surface area contributed by atoms with Gasteiger partial charge in [-0.3, -0.25) is 4.98 Å². The Bertz CT molecular complexity index is 700. The first kappa shape index (κ1) is 14.5. The van der Waals surface area contributed by atoms with E-state index in [1.54, 1.807) is 31.5 Å². The quantitative estimate of drug-likeness (QED) is 0.904. The Hall–Kier alpha value is -1.92. The molecule has 1 heterocycles. The topological polar surface area (TPSA) is 85.1 Å². The fourth-order valence-electron chi connectivity index (χ4n) is 1.98. The second-order valence-electron chi connectivity index (χ2n) is 4.67.